The Balaban J connectivity index is 2.41. The molecule has 1 aliphatic rings. The van der Waals surface area contributed by atoms with E-state index < -0.39 is 6.10 Å². The number of carbonyl (C=O) groups excluding carboxylic acids is 3. The molecule has 0 radical (unpaired) electrons. The summed E-state index contributed by atoms with van der Waals surface area (Å²) in [6.45, 7) is 6.77. The predicted molar refractivity (Wildman–Crippen MR) is 203 cm³/mol. The van der Waals surface area contributed by atoms with Crippen molar-refractivity contribution in [3.05, 3.63) is 0 Å². The zero-order chi connectivity index (χ0) is 36.5. The molecule has 50 heavy (non-hydrogen) atoms. The van der Waals surface area contributed by atoms with Gasteiger partial charge < -0.3 is 29.1 Å². The maximum atomic E-state index is 13.6. The van der Waals surface area contributed by atoms with Gasteiger partial charge in [-0.3, -0.25) is 14.4 Å². The maximum Gasteiger partial charge on any atom is 0.305 e. The van der Waals surface area contributed by atoms with Gasteiger partial charge in [0.15, 0.2) is 6.54 Å². The van der Waals surface area contributed by atoms with Crippen LogP contribution in [0.4, 0.5) is 0 Å². The zero-order valence-electron chi connectivity index (χ0n) is 32.7. The summed E-state index contributed by atoms with van der Waals surface area (Å²) in [5.41, 5.74) is 0. The van der Waals surface area contributed by atoms with Crippen molar-refractivity contribution in [2.75, 3.05) is 59.1 Å². The van der Waals surface area contributed by atoms with Crippen molar-refractivity contribution in [2.24, 2.45) is 0 Å². The average Bonchev–Trinajstić information content (AvgIpc) is 3.09. The highest BCUT2D eigenvalue weighted by molar-refractivity contribution is 5.77. The van der Waals surface area contributed by atoms with Gasteiger partial charge in [-0.2, -0.15) is 0 Å². The van der Waals surface area contributed by atoms with E-state index in [0.717, 1.165) is 51.5 Å². The van der Waals surface area contributed by atoms with Crippen LogP contribution in [0.1, 0.15) is 181 Å². The van der Waals surface area contributed by atoms with Crippen LogP contribution < -0.4 is 0 Å². The SMILES string of the molecule is CCCCCCCCCCCCCC(=O)OCCN(CCOC(=O)CCCCCCCCCCCCC)C(=O)C[N+]1(CCO)CCC[C@H](O)C1. The maximum absolute atomic E-state index is 13.6. The Morgan fingerprint density at radius 1 is 0.640 bits per heavy atom. The van der Waals surface area contributed by atoms with E-state index in [-0.39, 0.29) is 57.3 Å². The number of hydrogen-bond donors (Lipinski definition) is 2. The van der Waals surface area contributed by atoms with E-state index in [2.05, 4.69) is 13.8 Å². The van der Waals surface area contributed by atoms with Crippen LogP contribution in [-0.4, -0.2) is 103 Å². The number of aliphatic hydroxyl groups is 2. The molecule has 1 saturated heterocycles. The summed E-state index contributed by atoms with van der Waals surface area (Å²) in [6.07, 6.45) is 28.6. The summed E-state index contributed by atoms with van der Waals surface area (Å²) in [6, 6.07) is 0. The molecule has 2 N–H and O–H groups in total. The fourth-order valence-corrected chi connectivity index (χ4v) is 7.23. The fraction of sp³-hybridized carbons (Fsp3) is 0.927. The molecule has 0 spiro atoms. The van der Waals surface area contributed by atoms with Gasteiger partial charge in [0.05, 0.1) is 26.2 Å². The molecule has 0 aromatic heterocycles. The van der Waals surface area contributed by atoms with Gasteiger partial charge in [0, 0.05) is 12.8 Å². The normalized spacial score (nSPS) is 17.5. The first kappa shape index (κ1) is 46.3. The van der Waals surface area contributed by atoms with E-state index in [1.165, 1.54) is 103 Å². The van der Waals surface area contributed by atoms with Crippen LogP contribution in [0.25, 0.3) is 0 Å². The monoisotopic (exact) mass is 712 g/mol. The van der Waals surface area contributed by atoms with E-state index in [4.69, 9.17) is 9.47 Å². The third-order valence-corrected chi connectivity index (χ3v) is 10.4. The van der Waals surface area contributed by atoms with Gasteiger partial charge in [-0.1, -0.05) is 142 Å². The lowest BCUT2D eigenvalue weighted by Gasteiger charge is -2.43. The Hall–Kier alpha value is -1.71. The Kier molecular flexibility index (Phi) is 29.6. The number of piperidine rings is 1. The fourth-order valence-electron chi connectivity index (χ4n) is 7.23. The highest BCUT2D eigenvalue weighted by atomic mass is 16.5. The van der Waals surface area contributed by atoms with Crippen LogP contribution in [0.15, 0.2) is 0 Å². The second kappa shape index (κ2) is 32.0. The average molecular weight is 712 g/mol. The lowest BCUT2D eigenvalue weighted by atomic mass is 10.0. The molecule has 0 aromatic rings. The number of esters is 2. The van der Waals surface area contributed by atoms with Gasteiger partial charge in [-0.25, -0.2) is 0 Å². The van der Waals surface area contributed by atoms with Crippen molar-refractivity contribution in [2.45, 2.75) is 187 Å². The minimum absolute atomic E-state index is 0.0622. The summed E-state index contributed by atoms with van der Waals surface area (Å²) in [4.78, 5) is 40.1. The zero-order valence-corrected chi connectivity index (χ0v) is 32.7. The van der Waals surface area contributed by atoms with Crippen molar-refractivity contribution < 1.29 is 38.6 Å². The summed E-state index contributed by atoms with van der Waals surface area (Å²) in [5.74, 6) is -0.625. The first-order valence-corrected chi connectivity index (χ1v) is 21.1. The Morgan fingerprint density at radius 2 is 1.04 bits per heavy atom. The smallest absolute Gasteiger partial charge is 0.305 e. The summed E-state index contributed by atoms with van der Waals surface area (Å²) >= 11 is 0. The number of ether oxygens (including phenoxy) is 2. The van der Waals surface area contributed by atoms with Gasteiger partial charge in [0.2, 0.25) is 0 Å². The second-order valence-electron chi connectivity index (χ2n) is 15.0. The molecule has 1 heterocycles. The number of hydrogen-bond acceptors (Lipinski definition) is 7. The molecular weight excluding hydrogens is 632 g/mol. The lowest BCUT2D eigenvalue weighted by Crippen LogP contribution is -2.61. The molecule has 9 nitrogen and oxygen atoms in total. The molecule has 1 unspecified atom stereocenters. The lowest BCUT2D eigenvalue weighted by molar-refractivity contribution is -0.928. The van der Waals surface area contributed by atoms with E-state index in [0.29, 0.717) is 36.8 Å². The van der Waals surface area contributed by atoms with Gasteiger partial charge in [-0.05, 0) is 25.7 Å². The van der Waals surface area contributed by atoms with Gasteiger partial charge >= 0.3 is 11.9 Å². The standard InChI is InChI=1S/C41H79N2O7/c1-3-5-7-9-11-13-15-17-19-21-23-27-40(47)49-34-29-42(39(46)37-43(32-33-44)31-25-26-38(45)36-43)30-35-50-41(48)28-24-22-20-18-16-14-12-10-8-6-4-2/h38,44-45H,3-37H2,1-2H3/q+1/t38-,43?/m0/s1. The minimum Gasteiger partial charge on any atom is -0.464 e. The number of nitrogens with zero attached hydrogens (tertiary/aromatic N) is 2. The molecule has 2 atom stereocenters. The van der Waals surface area contributed by atoms with E-state index in [1.54, 1.807) is 4.90 Å². The van der Waals surface area contributed by atoms with Crippen molar-refractivity contribution in [1.29, 1.82) is 0 Å². The first-order chi connectivity index (χ1) is 24.4. The Morgan fingerprint density at radius 3 is 1.42 bits per heavy atom. The van der Waals surface area contributed by atoms with Crippen molar-refractivity contribution in [1.82, 2.24) is 4.90 Å². The molecular formula is C41H79N2O7+. The van der Waals surface area contributed by atoms with Crippen molar-refractivity contribution in [3.63, 3.8) is 0 Å². The van der Waals surface area contributed by atoms with Crippen LogP contribution in [0.5, 0.6) is 0 Å². The number of unbranched alkanes of at least 4 members (excludes halogenated alkanes) is 20. The molecule has 0 aromatic carbocycles. The van der Waals surface area contributed by atoms with E-state index >= 15 is 0 Å². The number of carbonyl (C=O) groups is 3. The molecule has 1 aliphatic heterocycles. The summed E-state index contributed by atoms with van der Waals surface area (Å²) in [7, 11) is 0. The molecule has 0 aliphatic carbocycles. The van der Waals surface area contributed by atoms with Crippen molar-refractivity contribution >= 4 is 17.8 Å². The Bertz CT molecular complexity index is 794. The van der Waals surface area contributed by atoms with E-state index in [9.17, 15) is 24.6 Å². The first-order valence-electron chi connectivity index (χ1n) is 21.1. The van der Waals surface area contributed by atoms with Gasteiger partial charge in [0.1, 0.15) is 32.4 Å². The molecule has 0 saturated carbocycles. The predicted octanol–water partition coefficient (Wildman–Crippen LogP) is 8.27. The second-order valence-corrected chi connectivity index (χ2v) is 15.0. The van der Waals surface area contributed by atoms with Crippen LogP contribution in [0.3, 0.4) is 0 Å². The molecule has 1 rings (SSSR count). The molecule has 9 heteroatoms. The molecule has 294 valence electrons. The largest absolute Gasteiger partial charge is 0.464 e. The summed E-state index contributed by atoms with van der Waals surface area (Å²) in [5, 5.41) is 20.1. The van der Waals surface area contributed by atoms with Crippen LogP contribution >= 0.6 is 0 Å². The molecule has 1 amide bonds. The van der Waals surface area contributed by atoms with Crippen LogP contribution in [0, 0.1) is 0 Å². The van der Waals surface area contributed by atoms with E-state index in [1.807, 2.05) is 0 Å². The van der Waals surface area contributed by atoms with Gasteiger partial charge in [-0.15, -0.1) is 0 Å². The minimum atomic E-state index is -0.496. The number of amides is 1. The highest BCUT2D eigenvalue weighted by Crippen LogP contribution is 2.20. The number of rotatable bonds is 34. The van der Waals surface area contributed by atoms with Gasteiger partial charge in [0.25, 0.3) is 5.91 Å². The Labute approximate surface area is 306 Å². The number of aliphatic hydroxyl groups excluding tert-OH is 2. The van der Waals surface area contributed by atoms with Crippen molar-refractivity contribution in [3.8, 4) is 0 Å². The topological polar surface area (TPSA) is 113 Å². The number of likely N-dealkylation sites (tertiary alicyclic amines) is 1. The third kappa shape index (κ3) is 25.3. The van der Waals surface area contributed by atoms with Crippen LogP contribution in [0.2, 0.25) is 0 Å². The highest BCUT2D eigenvalue weighted by Gasteiger charge is 2.37. The third-order valence-electron chi connectivity index (χ3n) is 10.4. The molecule has 1 fully saturated rings. The molecule has 0 bridgehead atoms. The number of quaternary nitrogens is 1. The summed E-state index contributed by atoms with van der Waals surface area (Å²) < 4.78 is 11.4. The quantitative estimate of drug-likeness (QED) is 0.0393. The van der Waals surface area contributed by atoms with Crippen LogP contribution in [-0.2, 0) is 23.9 Å².